The van der Waals surface area contributed by atoms with Crippen molar-refractivity contribution in [3.8, 4) is 34.5 Å². The minimum atomic E-state index is -0.182. The van der Waals surface area contributed by atoms with Crippen molar-refractivity contribution in [2.24, 2.45) is 5.92 Å². The lowest BCUT2D eigenvalue weighted by atomic mass is 9.91. The Labute approximate surface area is 356 Å². The van der Waals surface area contributed by atoms with E-state index in [1.54, 1.807) is 6.92 Å². The highest BCUT2D eigenvalue weighted by molar-refractivity contribution is 6.30. The van der Waals surface area contributed by atoms with Gasteiger partial charge in [-0.15, -0.1) is 0 Å². The van der Waals surface area contributed by atoms with Crippen LogP contribution in [0, 0.1) is 5.92 Å². The van der Waals surface area contributed by atoms with Gasteiger partial charge in [-0.2, -0.15) is 0 Å². The van der Waals surface area contributed by atoms with Gasteiger partial charge in [0, 0.05) is 12.3 Å². The van der Waals surface area contributed by atoms with Crippen molar-refractivity contribution < 1.29 is 33.2 Å². The van der Waals surface area contributed by atoms with Crippen molar-refractivity contribution in [1.29, 1.82) is 0 Å². The number of anilines is 1. The Balaban J connectivity index is 2.16. The lowest BCUT2D eigenvalue weighted by Gasteiger charge is -2.23. The molecule has 0 aliphatic heterocycles. The van der Waals surface area contributed by atoms with Crippen molar-refractivity contribution in [3.63, 3.8) is 0 Å². The molecule has 0 fully saturated rings. The van der Waals surface area contributed by atoms with Crippen LogP contribution in [-0.2, 0) is 4.79 Å². The maximum Gasteiger partial charge on any atom is 0.221 e. The molecule has 1 N–H and O–H groups in total. The van der Waals surface area contributed by atoms with Gasteiger partial charge in [0.1, 0.15) is 0 Å². The number of fused-ring (bicyclic) bond motifs is 6. The molecule has 0 spiro atoms. The second-order valence-corrected chi connectivity index (χ2v) is 16.1. The fourth-order valence-electron chi connectivity index (χ4n) is 7.52. The fraction of sp³-hybridized carbons (Fsp3) is 0.627. The molecular formula is C51H77NO7. The molecule has 328 valence electrons. The highest BCUT2D eigenvalue weighted by atomic mass is 16.5. The Bertz CT molecular complexity index is 1870. The molecule has 4 rings (SSSR count). The normalized spacial score (nSPS) is 11.5. The van der Waals surface area contributed by atoms with E-state index in [9.17, 15) is 4.79 Å². The third-order valence-electron chi connectivity index (χ3n) is 11.2. The molecule has 1 amide bonds. The highest BCUT2D eigenvalue weighted by Gasteiger charge is 2.25. The number of nitrogens with one attached hydrogen (secondary N) is 1. The van der Waals surface area contributed by atoms with Crippen LogP contribution in [0.2, 0.25) is 0 Å². The first-order chi connectivity index (χ1) is 28.8. The number of benzene rings is 4. The van der Waals surface area contributed by atoms with E-state index in [0.717, 1.165) is 159 Å². The summed E-state index contributed by atoms with van der Waals surface area (Å²) >= 11 is 0. The van der Waals surface area contributed by atoms with E-state index in [-0.39, 0.29) is 5.91 Å². The number of unbranched alkanes of at least 4 members (excludes halogenated alkanes) is 10. The Morgan fingerprint density at radius 3 is 1.19 bits per heavy atom. The summed E-state index contributed by atoms with van der Waals surface area (Å²) in [5.41, 5.74) is 0.608. The second kappa shape index (κ2) is 26.2. The summed E-state index contributed by atoms with van der Waals surface area (Å²) in [6.07, 6.45) is 17.7. The fourth-order valence-corrected chi connectivity index (χ4v) is 7.52. The first-order valence-electron chi connectivity index (χ1n) is 23.5. The molecule has 8 heteroatoms. The van der Waals surface area contributed by atoms with Crippen molar-refractivity contribution in [3.05, 3.63) is 30.3 Å². The molecule has 4 aromatic rings. The van der Waals surface area contributed by atoms with E-state index in [1.165, 1.54) is 0 Å². The van der Waals surface area contributed by atoms with Gasteiger partial charge in [0.05, 0.1) is 45.3 Å². The molecule has 0 bridgehead atoms. The number of hydrogen-bond donors (Lipinski definition) is 1. The van der Waals surface area contributed by atoms with Gasteiger partial charge in [-0.05, 0) is 95.3 Å². The van der Waals surface area contributed by atoms with Crippen molar-refractivity contribution >= 4 is 43.9 Å². The largest absolute Gasteiger partial charge is 0.490 e. The lowest BCUT2D eigenvalue weighted by Crippen LogP contribution is -2.12. The molecule has 0 saturated carbocycles. The monoisotopic (exact) mass is 816 g/mol. The second-order valence-electron chi connectivity index (χ2n) is 16.1. The van der Waals surface area contributed by atoms with Gasteiger partial charge in [0.15, 0.2) is 34.5 Å². The first kappa shape index (κ1) is 47.6. The number of hydrogen-bond acceptors (Lipinski definition) is 7. The van der Waals surface area contributed by atoms with Crippen LogP contribution >= 0.6 is 0 Å². The van der Waals surface area contributed by atoms with Gasteiger partial charge in [-0.25, -0.2) is 0 Å². The molecule has 59 heavy (non-hydrogen) atoms. The Kier molecular flexibility index (Phi) is 21.1. The molecule has 0 unspecified atom stereocenters. The van der Waals surface area contributed by atoms with Crippen LogP contribution in [0.1, 0.15) is 165 Å². The smallest absolute Gasteiger partial charge is 0.221 e. The van der Waals surface area contributed by atoms with Gasteiger partial charge in [-0.1, -0.05) is 126 Å². The van der Waals surface area contributed by atoms with E-state index in [1.807, 2.05) is 0 Å². The average molecular weight is 816 g/mol. The molecule has 0 saturated heterocycles. The first-order valence-corrected chi connectivity index (χ1v) is 23.5. The summed E-state index contributed by atoms with van der Waals surface area (Å²) in [7, 11) is 0. The summed E-state index contributed by atoms with van der Waals surface area (Å²) in [6, 6.07) is 10.7. The summed E-state index contributed by atoms with van der Waals surface area (Å²) in [5, 5.41) is 8.94. The molecule has 0 aliphatic rings. The minimum absolute atomic E-state index is 0.182. The number of carbonyl (C=O) groups excluding carboxylic acids is 1. The zero-order valence-corrected chi connectivity index (χ0v) is 38.1. The van der Waals surface area contributed by atoms with Crippen LogP contribution in [0.5, 0.6) is 34.5 Å². The Morgan fingerprint density at radius 2 is 0.797 bits per heavy atom. The number of amides is 1. The van der Waals surface area contributed by atoms with Crippen LogP contribution in [0.3, 0.4) is 0 Å². The minimum Gasteiger partial charge on any atom is -0.490 e. The van der Waals surface area contributed by atoms with Crippen LogP contribution in [0.4, 0.5) is 5.69 Å². The van der Waals surface area contributed by atoms with Gasteiger partial charge in [0.25, 0.3) is 0 Å². The van der Waals surface area contributed by atoms with Crippen molar-refractivity contribution in [1.82, 2.24) is 0 Å². The summed E-state index contributed by atoms with van der Waals surface area (Å²) < 4.78 is 39.8. The van der Waals surface area contributed by atoms with E-state index < -0.39 is 0 Å². The number of ether oxygens (including phenoxy) is 6. The molecule has 0 aliphatic carbocycles. The molecule has 0 atom stereocenters. The third-order valence-corrected chi connectivity index (χ3v) is 11.2. The zero-order valence-electron chi connectivity index (χ0n) is 38.1. The van der Waals surface area contributed by atoms with Crippen molar-refractivity contribution in [2.45, 2.75) is 165 Å². The standard InChI is InChI=1S/C51H77NO7/c1-9-16-21-26-54-44-31-39-40-33-46(56-28-23-18-11-3)47(59-36-38(14-6)15-7)34-42(40)49-43(41(39)32-45(44)55-27-22-17-10-2)35-48(57-29-24-19-12-4)51(50(49)52-37(8)53)58-30-25-20-13-5/h31-35,38H,9-30,36H2,1-8H3,(H,52,53). The lowest BCUT2D eigenvalue weighted by molar-refractivity contribution is -0.114. The SMILES string of the molecule is CCCCCOc1cc2c3cc(OCCCCC)c(OCC(CC)CC)cc3c3c(NC(C)=O)c(OCCCCC)c(OCCCCC)cc3c2cc1OCCCCC. The van der Waals surface area contributed by atoms with E-state index >= 15 is 0 Å². The van der Waals surface area contributed by atoms with Gasteiger partial charge < -0.3 is 33.7 Å². The third kappa shape index (κ3) is 13.7. The molecule has 4 aromatic carbocycles. The molecule has 0 radical (unpaired) electrons. The summed E-state index contributed by atoms with van der Waals surface area (Å²) in [5.74, 6) is 4.30. The Morgan fingerprint density at radius 1 is 0.458 bits per heavy atom. The van der Waals surface area contributed by atoms with E-state index in [0.29, 0.717) is 68.5 Å². The highest BCUT2D eigenvalue weighted by Crippen LogP contribution is 2.51. The quantitative estimate of drug-likeness (QED) is 0.0400. The molecule has 0 heterocycles. The Hall–Kier alpha value is -4.07. The average Bonchev–Trinajstić information content (AvgIpc) is 3.23. The maximum atomic E-state index is 13.3. The maximum absolute atomic E-state index is 13.3. The van der Waals surface area contributed by atoms with E-state index in [4.69, 9.17) is 28.4 Å². The van der Waals surface area contributed by atoms with Crippen LogP contribution in [0.25, 0.3) is 32.3 Å². The van der Waals surface area contributed by atoms with E-state index in [2.05, 4.69) is 84.1 Å². The predicted molar refractivity (Wildman–Crippen MR) is 248 cm³/mol. The molecular weight excluding hydrogens is 739 g/mol. The van der Waals surface area contributed by atoms with Crippen LogP contribution in [0.15, 0.2) is 30.3 Å². The van der Waals surface area contributed by atoms with Crippen LogP contribution < -0.4 is 33.7 Å². The zero-order chi connectivity index (χ0) is 42.4. The summed E-state index contributed by atoms with van der Waals surface area (Å²) in [4.78, 5) is 13.3. The number of carbonyl (C=O) groups is 1. The van der Waals surface area contributed by atoms with Crippen molar-refractivity contribution in [2.75, 3.05) is 45.0 Å². The topological polar surface area (TPSA) is 84.5 Å². The van der Waals surface area contributed by atoms with Gasteiger partial charge in [0.2, 0.25) is 5.91 Å². The number of rotatable bonds is 31. The van der Waals surface area contributed by atoms with Gasteiger partial charge in [-0.3, -0.25) is 4.79 Å². The summed E-state index contributed by atoms with van der Waals surface area (Å²) in [6.45, 7) is 20.4. The van der Waals surface area contributed by atoms with Crippen LogP contribution in [-0.4, -0.2) is 45.5 Å². The van der Waals surface area contributed by atoms with Gasteiger partial charge >= 0.3 is 0 Å². The molecule has 8 nitrogen and oxygen atoms in total. The molecule has 0 aromatic heterocycles. The predicted octanol–water partition coefficient (Wildman–Crippen LogP) is 14.8.